The van der Waals surface area contributed by atoms with Crippen LogP contribution in [0, 0.1) is 5.92 Å². The highest BCUT2D eigenvalue weighted by molar-refractivity contribution is 5.80. The van der Waals surface area contributed by atoms with Crippen LogP contribution < -0.4 is 10.1 Å². The lowest BCUT2D eigenvalue weighted by molar-refractivity contribution is -0.146. The number of esters is 1. The summed E-state index contributed by atoms with van der Waals surface area (Å²) in [5, 5.41) is 3.35. The van der Waals surface area contributed by atoms with Crippen molar-refractivity contribution in [1.82, 2.24) is 10.2 Å². The van der Waals surface area contributed by atoms with Crippen LogP contribution in [0.2, 0.25) is 0 Å². The predicted octanol–water partition coefficient (Wildman–Crippen LogP) is 2.82. The van der Waals surface area contributed by atoms with Crippen molar-refractivity contribution in [1.29, 1.82) is 0 Å². The summed E-state index contributed by atoms with van der Waals surface area (Å²) >= 11 is 0. The summed E-state index contributed by atoms with van der Waals surface area (Å²) in [6, 6.07) is 8.26. The van der Waals surface area contributed by atoms with Gasteiger partial charge in [-0.15, -0.1) is 0 Å². The van der Waals surface area contributed by atoms with Crippen molar-refractivity contribution < 1.29 is 14.3 Å². The first-order chi connectivity index (χ1) is 12.8. The van der Waals surface area contributed by atoms with Crippen LogP contribution in [0.5, 0.6) is 5.75 Å². The molecule has 0 aromatic heterocycles. The molecule has 0 bridgehead atoms. The van der Waals surface area contributed by atoms with E-state index in [0.29, 0.717) is 13.2 Å². The molecule has 6 heteroatoms. The number of nitrogens with one attached hydrogen (secondary N) is 1. The van der Waals surface area contributed by atoms with Gasteiger partial charge in [-0.25, -0.2) is 0 Å². The van der Waals surface area contributed by atoms with E-state index in [9.17, 15) is 4.79 Å². The Hall–Kier alpha value is -2.24. The first-order valence-corrected chi connectivity index (χ1v) is 9.62. The topological polar surface area (TPSA) is 63.2 Å². The van der Waals surface area contributed by atoms with Gasteiger partial charge in [-0.3, -0.25) is 9.79 Å². The number of hydrogen-bond acceptors (Lipinski definition) is 4. The number of benzene rings is 1. The van der Waals surface area contributed by atoms with Crippen LogP contribution in [0.4, 0.5) is 0 Å². The van der Waals surface area contributed by atoms with Crippen molar-refractivity contribution in [3.05, 3.63) is 29.8 Å². The highest BCUT2D eigenvalue weighted by atomic mass is 16.5. The van der Waals surface area contributed by atoms with Crippen LogP contribution in [-0.2, 0) is 14.9 Å². The van der Waals surface area contributed by atoms with Crippen molar-refractivity contribution in [2.75, 3.05) is 40.4 Å². The number of rotatable bonds is 5. The third kappa shape index (κ3) is 6.15. The number of hydrogen-bond donors (Lipinski definition) is 1. The zero-order valence-corrected chi connectivity index (χ0v) is 17.2. The van der Waals surface area contributed by atoms with Gasteiger partial charge in [0.15, 0.2) is 5.96 Å². The smallest absolute Gasteiger partial charge is 0.308 e. The van der Waals surface area contributed by atoms with E-state index in [1.807, 2.05) is 12.1 Å². The zero-order valence-electron chi connectivity index (χ0n) is 17.2. The Morgan fingerprint density at radius 1 is 1.30 bits per heavy atom. The molecular formula is C21H33N3O3. The maximum absolute atomic E-state index is 11.6. The Morgan fingerprint density at radius 3 is 2.59 bits per heavy atom. The van der Waals surface area contributed by atoms with Gasteiger partial charge < -0.3 is 19.7 Å². The first kappa shape index (κ1) is 21.1. The van der Waals surface area contributed by atoms with E-state index in [1.165, 1.54) is 12.7 Å². The minimum atomic E-state index is -0.108. The van der Waals surface area contributed by atoms with Gasteiger partial charge in [-0.05, 0) is 36.0 Å². The molecule has 1 aromatic rings. The number of carbonyl (C=O) groups is 1. The van der Waals surface area contributed by atoms with Crippen LogP contribution in [0.25, 0.3) is 0 Å². The first-order valence-electron chi connectivity index (χ1n) is 9.62. The number of aliphatic imine (C=N–C) groups is 1. The third-order valence-electron chi connectivity index (χ3n) is 4.89. The molecule has 1 fully saturated rings. The molecule has 1 aliphatic heterocycles. The highest BCUT2D eigenvalue weighted by Gasteiger charge is 2.26. The second-order valence-corrected chi connectivity index (χ2v) is 7.88. The number of carbonyl (C=O) groups excluding carboxylic acids is 1. The van der Waals surface area contributed by atoms with Crippen molar-refractivity contribution in [2.24, 2.45) is 10.9 Å². The summed E-state index contributed by atoms with van der Waals surface area (Å²) in [5.41, 5.74) is 1.37. The number of piperidine rings is 1. The fourth-order valence-corrected chi connectivity index (χ4v) is 3.21. The van der Waals surface area contributed by atoms with Gasteiger partial charge in [-0.2, -0.15) is 0 Å². The number of methoxy groups -OCH3 is 1. The molecule has 0 spiro atoms. The minimum Gasteiger partial charge on any atom is -0.492 e. The summed E-state index contributed by atoms with van der Waals surface area (Å²) in [6.07, 6.45) is 1.59. The average Bonchev–Trinajstić information content (AvgIpc) is 2.67. The van der Waals surface area contributed by atoms with E-state index in [2.05, 4.69) is 48.1 Å². The van der Waals surface area contributed by atoms with Crippen molar-refractivity contribution in [2.45, 2.75) is 39.0 Å². The van der Waals surface area contributed by atoms with E-state index in [0.717, 1.165) is 37.6 Å². The Kier molecular flexibility index (Phi) is 7.51. The number of nitrogens with zero attached hydrogens (tertiary/aromatic N) is 2. The lowest BCUT2D eigenvalue weighted by atomic mass is 9.87. The quantitative estimate of drug-likeness (QED) is 0.371. The maximum Gasteiger partial charge on any atom is 0.308 e. The summed E-state index contributed by atoms with van der Waals surface area (Å²) < 4.78 is 10.7. The van der Waals surface area contributed by atoms with Gasteiger partial charge in [0.25, 0.3) is 0 Å². The van der Waals surface area contributed by atoms with Gasteiger partial charge in [0.05, 0.1) is 19.6 Å². The number of guanidine groups is 1. The fourth-order valence-electron chi connectivity index (χ4n) is 3.21. The van der Waals surface area contributed by atoms with Gasteiger partial charge >= 0.3 is 5.97 Å². The van der Waals surface area contributed by atoms with E-state index in [1.54, 1.807) is 7.05 Å². The van der Waals surface area contributed by atoms with Crippen molar-refractivity contribution in [3.8, 4) is 5.75 Å². The molecule has 1 heterocycles. The number of ether oxygens (including phenoxy) is 2. The summed E-state index contributed by atoms with van der Waals surface area (Å²) in [4.78, 5) is 18.2. The Bertz CT molecular complexity index is 644. The van der Waals surface area contributed by atoms with Crippen LogP contribution in [-0.4, -0.2) is 57.2 Å². The van der Waals surface area contributed by atoms with Crippen LogP contribution in [0.1, 0.15) is 39.2 Å². The summed E-state index contributed by atoms with van der Waals surface area (Å²) in [7, 11) is 3.23. The lowest BCUT2D eigenvalue weighted by Gasteiger charge is -2.33. The third-order valence-corrected chi connectivity index (χ3v) is 4.89. The molecule has 0 amide bonds. The fraction of sp³-hybridized carbons (Fsp3) is 0.619. The monoisotopic (exact) mass is 375 g/mol. The molecule has 2 rings (SSSR count). The molecule has 0 aliphatic carbocycles. The second kappa shape index (κ2) is 9.62. The summed E-state index contributed by atoms with van der Waals surface area (Å²) in [6.45, 7) is 9.42. The van der Waals surface area contributed by atoms with E-state index < -0.39 is 0 Å². The molecule has 1 aromatic carbocycles. The predicted molar refractivity (Wildman–Crippen MR) is 108 cm³/mol. The zero-order chi connectivity index (χ0) is 19.9. The van der Waals surface area contributed by atoms with E-state index in [4.69, 9.17) is 9.47 Å². The highest BCUT2D eigenvalue weighted by Crippen LogP contribution is 2.25. The van der Waals surface area contributed by atoms with Crippen LogP contribution in [0.3, 0.4) is 0 Å². The standard InChI is InChI=1S/C21H33N3O3/c1-21(2,3)17-7-6-8-18(15-17)27-14-11-23-20(22-4)24-12-9-16(10-13-24)19(25)26-5/h6-8,15-16H,9-14H2,1-5H3,(H,22,23). The van der Waals surface area contributed by atoms with E-state index >= 15 is 0 Å². The normalized spacial score (nSPS) is 16.2. The van der Waals surface area contributed by atoms with Crippen molar-refractivity contribution >= 4 is 11.9 Å². The average molecular weight is 376 g/mol. The van der Waals surface area contributed by atoms with Gasteiger partial charge in [-0.1, -0.05) is 32.9 Å². The molecule has 0 radical (unpaired) electrons. The molecule has 1 saturated heterocycles. The molecule has 0 atom stereocenters. The molecule has 150 valence electrons. The molecular weight excluding hydrogens is 342 g/mol. The second-order valence-electron chi connectivity index (χ2n) is 7.88. The molecule has 1 N–H and O–H groups in total. The molecule has 0 unspecified atom stereocenters. The lowest BCUT2D eigenvalue weighted by Crippen LogP contribution is -2.47. The SMILES string of the molecule is CN=C(NCCOc1cccc(C(C)(C)C)c1)N1CCC(C(=O)OC)CC1. The molecule has 1 aliphatic rings. The van der Waals surface area contributed by atoms with Crippen LogP contribution in [0.15, 0.2) is 29.3 Å². The summed E-state index contributed by atoms with van der Waals surface area (Å²) in [5.74, 6) is 1.63. The van der Waals surface area contributed by atoms with Crippen molar-refractivity contribution in [3.63, 3.8) is 0 Å². The largest absolute Gasteiger partial charge is 0.492 e. The Morgan fingerprint density at radius 2 is 2.00 bits per heavy atom. The van der Waals surface area contributed by atoms with Gasteiger partial charge in [0.1, 0.15) is 12.4 Å². The van der Waals surface area contributed by atoms with E-state index in [-0.39, 0.29) is 17.3 Å². The molecule has 27 heavy (non-hydrogen) atoms. The minimum absolute atomic E-state index is 0.00258. The van der Waals surface area contributed by atoms with Gasteiger partial charge in [0.2, 0.25) is 0 Å². The van der Waals surface area contributed by atoms with Gasteiger partial charge in [0, 0.05) is 20.1 Å². The number of likely N-dealkylation sites (tertiary alicyclic amines) is 1. The van der Waals surface area contributed by atoms with Crippen LogP contribution >= 0.6 is 0 Å². The Labute approximate surface area is 162 Å². The molecule has 0 saturated carbocycles. The maximum atomic E-state index is 11.6. The Balaban J connectivity index is 1.77. The molecule has 6 nitrogen and oxygen atoms in total.